The van der Waals surface area contributed by atoms with E-state index in [-0.39, 0.29) is 5.92 Å². The third kappa shape index (κ3) is 3.21. The maximum atomic E-state index is 4.55. The number of rotatable bonds is 4. The van der Waals surface area contributed by atoms with Crippen LogP contribution >= 0.6 is 0 Å². The summed E-state index contributed by atoms with van der Waals surface area (Å²) in [6, 6.07) is 6.43. The monoisotopic (exact) mass is 312 g/mol. The third-order valence-electron chi connectivity index (χ3n) is 4.03. The number of hydrogen-bond donors (Lipinski definition) is 1. The van der Waals surface area contributed by atoms with Crippen LogP contribution in [0.25, 0.3) is 0 Å². The lowest BCUT2D eigenvalue weighted by Crippen LogP contribution is -2.16. The maximum absolute atomic E-state index is 4.55. The Kier molecular flexibility index (Phi) is 4.07. The standard InChI is InChI=1S/C17H24N6/c1-11(2)15-19-16(21-17(20-15)22(3)4)18-13-7-6-12-8-9-23(5)14(12)10-13/h6-7,10-11H,8-9H2,1-5H3,(H,18,19,20,21). The van der Waals surface area contributed by atoms with E-state index in [1.165, 1.54) is 11.3 Å². The summed E-state index contributed by atoms with van der Waals surface area (Å²) in [5.74, 6) is 2.31. The van der Waals surface area contributed by atoms with Gasteiger partial charge in [0.2, 0.25) is 11.9 Å². The summed E-state index contributed by atoms with van der Waals surface area (Å²) in [5.41, 5.74) is 3.68. The lowest BCUT2D eigenvalue weighted by molar-refractivity contribution is 0.757. The second-order valence-corrected chi connectivity index (χ2v) is 6.51. The summed E-state index contributed by atoms with van der Waals surface area (Å²) in [5, 5.41) is 3.33. The number of benzene rings is 1. The highest BCUT2D eigenvalue weighted by Gasteiger charge is 2.16. The van der Waals surface area contributed by atoms with Gasteiger partial charge in [-0.3, -0.25) is 0 Å². The number of anilines is 4. The van der Waals surface area contributed by atoms with Crippen LogP contribution < -0.4 is 15.1 Å². The number of fused-ring (bicyclic) bond motifs is 1. The van der Waals surface area contributed by atoms with E-state index in [1.54, 1.807) is 0 Å². The summed E-state index contributed by atoms with van der Waals surface area (Å²) in [4.78, 5) is 17.7. The largest absolute Gasteiger partial charge is 0.374 e. The van der Waals surface area contributed by atoms with Crippen molar-refractivity contribution in [2.75, 3.05) is 42.8 Å². The summed E-state index contributed by atoms with van der Waals surface area (Å²) in [6.07, 6.45) is 1.11. The average molecular weight is 312 g/mol. The first-order valence-electron chi connectivity index (χ1n) is 7.98. The molecule has 0 radical (unpaired) electrons. The van der Waals surface area contributed by atoms with Gasteiger partial charge >= 0.3 is 0 Å². The van der Waals surface area contributed by atoms with E-state index in [2.05, 4.69) is 64.3 Å². The van der Waals surface area contributed by atoms with Gasteiger partial charge < -0.3 is 15.1 Å². The molecular weight excluding hydrogens is 288 g/mol. The Morgan fingerprint density at radius 2 is 1.96 bits per heavy atom. The molecule has 0 aliphatic carbocycles. The molecule has 1 aliphatic heterocycles. The van der Waals surface area contributed by atoms with Crippen molar-refractivity contribution in [2.45, 2.75) is 26.2 Å². The molecule has 1 aromatic carbocycles. The molecule has 0 saturated carbocycles. The molecule has 122 valence electrons. The second kappa shape index (κ2) is 6.02. The average Bonchev–Trinajstić information content (AvgIpc) is 2.88. The molecule has 2 aromatic rings. The van der Waals surface area contributed by atoms with Gasteiger partial charge in [-0.25, -0.2) is 0 Å². The molecule has 0 amide bonds. The van der Waals surface area contributed by atoms with Crippen molar-refractivity contribution in [3.63, 3.8) is 0 Å². The Bertz CT molecular complexity index is 684. The Labute approximate surface area is 137 Å². The van der Waals surface area contributed by atoms with Crippen molar-refractivity contribution in [1.29, 1.82) is 0 Å². The van der Waals surface area contributed by atoms with Crippen LogP contribution in [-0.2, 0) is 6.42 Å². The Morgan fingerprint density at radius 3 is 2.65 bits per heavy atom. The van der Waals surface area contributed by atoms with Gasteiger partial charge in [-0.2, -0.15) is 15.0 Å². The Morgan fingerprint density at radius 1 is 1.17 bits per heavy atom. The summed E-state index contributed by atoms with van der Waals surface area (Å²) in [6.45, 7) is 5.25. The highest BCUT2D eigenvalue weighted by atomic mass is 15.3. The van der Waals surface area contributed by atoms with Crippen molar-refractivity contribution in [1.82, 2.24) is 15.0 Å². The van der Waals surface area contributed by atoms with E-state index < -0.39 is 0 Å². The fraction of sp³-hybridized carbons (Fsp3) is 0.471. The molecule has 1 N–H and O–H groups in total. The molecule has 0 unspecified atom stereocenters. The number of hydrogen-bond acceptors (Lipinski definition) is 6. The molecule has 0 bridgehead atoms. The summed E-state index contributed by atoms with van der Waals surface area (Å²) < 4.78 is 0. The number of likely N-dealkylation sites (N-methyl/N-ethyl adjacent to an activating group) is 1. The molecule has 0 atom stereocenters. The van der Waals surface area contributed by atoms with Crippen molar-refractivity contribution in [3.8, 4) is 0 Å². The molecule has 0 spiro atoms. The molecule has 6 heteroatoms. The Balaban J connectivity index is 1.92. The molecular formula is C17H24N6. The van der Waals surface area contributed by atoms with Gasteiger partial charge in [0, 0.05) is 45.0 Å². The minimum Gasteiger partial charge on any atom is -0.374 e. The summed E-state index contributed by atoms with van der Waals surface area (Å²) in [7, 11) is 6.00. The lowest BCUT2D eigenvalue weighted by Gasteiger charge is -2.16. The van der Waals surface area contributed by atoms with Gasteiger partial charge in [0.05, 0.1) is 0 Å². The highest BCUT2D eigenvalue weighted by Crippen LogP contribution is 2.30. The van der Waals surface area contributed by atoms with Gasteiger partial charge in [0.15, 0.2) is 0 Å². The molecule has 23 heavy (non-hydrogen) atoms. The van der Waals surface area contributed by atoms with E-state index in [9.17, 15) is 0 Å². The molecule has 2 heterocycles. The van der Waals surface area contributed by atoms with Crippen molar-refractivity contribution < 1.29 is 0 Å². The predicted molar refractivity (Wildman–Crippen MR) is 94.9 cm³/mol. The van der Waals surface area contributed by atoms with Crippen LogP contribution in [0.4, 0.5) is 23.3 Å². The van der Waals surface area contributed by atoms with Crippen molar-refractivity contribution in [3.05, 3.63) is 29.6 Å². The number of nitrogens with one attached hydrogen (secondary N) is 1. The van der Waals surface area contributed by atoms with Crippen LogP contribution in [0.5, 0.6) is 0 Å². The predicted octanol–water partition coefficient (Wildman–Crippen LogP) is 2.80. The molecule has 0 saturated heterocycles. The van der Waals surface area contributed by atoms with Crippen LogP contribution in [0.15, 0.2) is 18.2 Å². The maximum Gasteiger partial charge on any atom is 0.232 e. The van der Waals surface area contributed by atoms with Crippen LogP contribution in [0.1, 0.15) is 31.2 Å². The Hall–Kier alpha value is -2.37. The second-order valence-electron chi connectivity index (χ2n) is 6.51. The van der Waals surface area contributed by atoms with Gasteiger partial charge in [-0.1, -0.05) is 19.9 Å². The van der Waals surface area contributed by atoms with Gasteiger partial charge in [-0.15, -0.1) is 0 Å². The molecule has 1 aromatic heterocycles. The number of aromatic nitrogens is 3. The topological polar surface area (TPSA) is 57.2 Å². The molecule has 3 rings (SSSR count). The van der Waals surface area contributed by atoms with Crippen LogP contribution in [0.3, 0.4) is 0 Å². The first-order chi connectivity index (χ1) is 10.9. The molecule has 0 fully saturated rings. The number of nitrogens with zero attached hydrogens (tertiary/aromatic N) is 5. The van der Waals surface area contributed by atoms with Crippen LogP contribution in [0.2, 0.25) is 0 Å². The van der Waals surface area contributed by atoms with Crippen LogP contribution in [0, 0.1) is 0 Å². The first-order valence-corrected chi connectivity index (χ1v) is 7.98. The van der Waals surface area contributed by atoms with Gasteiger partial charge in [-0.05, 0) is 24.1 Å². The zero-order valence-electron chi connectivity index (χ0n) is 14.5. The molecule has 6 nitrogen and oxygen atoms in total. The van der Waals surface area contributed by atoms with E-state index in [0.29, 0.717) is 11.9 Å². The lowest BCUT2D eigenvalue weighted by atomic mass is 10.1. The first kappa shape index (κ1) is 15.5. The van der Waals surface area contributed by atoms with Crippen molar-refractivity contribution in [2.24, 2.45) is 0 Å². The zero-order chi connectivity index (χ0) is 16.6. The zero-order valence-corrected chi connectivity index (χ0v) is 14.5. The van der Waals surface area contributed by atoms with Gasteiger partial charge in [0.1, 0.15) is 5.82 Å². The normalized spacial score (nSPS) is 13.4. The quantitative estimate of drug-likeness (QED) is 0.937. The summed E-state index contributed by atoms with van der Waals surface area (Å²) >= 11 is 0. The SMILES string of the molecule is CC(C)c1nc(Nc2ccc3c(c2)N(C)CC3)nc(N(C)C)n1. The van der Waals surface area contributed by atoms with Gasteiger partial charge in [0.25, 0.3) is 0 Å². The van der Waals surface area contributed by atoms with E-state index in [4.69, 9.17) is 0 Å². The fourth-order valence-electron chi connectivity index (χ4n) is 2.64. The van der Waals surface area contributed by atoms with Crippen LogP contribution in [-0.4, -0.2) is 42.6 Å². The minimum absolute atomic E-state index is 0.253. The van der Waals surface area contributed by atoms with E-state index in [1.807, 2.05) is 19.0 Å². The minimum atomic E-state index is 0.253. The third-order valence-corrected chi connectivity index (χ3v) is 4.03. The molecule has 1 aliphatic rings. The van der Waals surface area contributed by atoms with E-state index >= 15 is 0 Å². The fourth-order valence-corrected chi connectivity index (χ4v) is 2.64. The smallest absolute Gasteiger partial charge is 0.232 e. The highest BCUT2D eigenvalue weighted by molar-refractivity contribution is 5.67. The van der Waals surface area contributed by atoms with Crippen molar-refractivity contribution >= 4 is 23.3 Å². The van der Waals surface area contributed by atoms with E-state index in [0.717, 1.165) is 24.5 Å².